The molecular formula is C21H25ClN6O3. The topological polar surface area (TPSA) is 103 Å². The van der Waals surface area contributed by atoms with Crippen LogP contribution in [0.3, 0.4) is 0 Å². The minimum absolute atomic E-state index is 0.115. The van der Waals surface area contributed by atoms with Gasteiger partial charge < -0.3 is 15.4 Å². The summed E-state index contributed by atoms with van der Waals surface area (Å²) >= 11 is 5.94. The molecule has 0 spiro atoms. The highest BCUT2D eigenvalue weighted by atomic mass is 35.5. The number of rotatable bonds is 9. The fourth-order valence-corrected chi connectivity index (χ4v) is 2.84. The van der Waals surface area contributed by atoms with Crippen molar-refractivity contribution in [3.8, 4) is 5.75 Å². The zero-order chi connectivity index (χ0) is 22.4. The van der Waals surface area contributed by atoms with Crippen molar-refractivity contribution in [2.45, 2.75) is 34.0 Å². The van der Waals surface area contributed by atoms with Gasteiger partial charge in [0.15, 0.2) is 18.1 Å². The molecule has 10 heteroatoms. The second-order valence-electron chi connectivity index (χ2n) is 7.28. The van der Waals surface area contributed by atoms with Crippen molar-refractivity contribution in [2.75, 3.05) is 11.9 Å². The van der Waals surface area contributed by atoms with E-state index in [2.05, 4.69) is 20.8 Å². The second-order valence-corrected chi connectivity index (χ2v) is 7.71. The van der Waals surface area contributed by atoms with E-state index in [4.69, 9.17) is 16.3 Å². The third-order valence-corrected chi connectivity index (χ3v) is 4.49. The number of ether oxygens (including phenoxy) is 1. The number of carbonyl (C=O) groups is 2. The van der Waals surface area contributed by atoms with Gasteiger partial charge in [0, 0.05) is 30.5 Å². The summed E-state index contributed by atoms with van der Waals surface area (Å²) in [5, 5.41) is 14.6. The van der Waals surface area contributed by atoms with Gasteiger partial charge >= 0.3 is 0 Å². The van der Waals surface area contributed by atoms with Crippen molar-refractivity contribution in [3.05, 3.63) is 59.1 Å². The molecule has 2 N–H and O–H groups in total. The highest BCUT2D eigenvalue weighted by Crippen LogP contribution is 2.18. The van der Waals surface area contributed by atoms with Gasteiger partial charge in [0.1, 0.15) is 5.75 Å². The molecule has 0 radical (unpaired) electrons. The number of nitrogens with one attached hydrogen (secondary N) is 2. The number of benzene rings is 1. The highest BCUT2D eigenvalue weighted by Gasteiger charge is 2.20. The van der Waals surface area contributed by atoms with E-state index in [-0.39, 0.29) is 24.0 Å². The van der Waals surface area contributed by atoms with Gasteiger partial charge in [0.2, 0.25) is 0 Å². The molecule has 164 valence electrons. The van der Waals surface area contributed by atoms with Crippen LogP contribution in [0.1, 0.15) is 41.7 Å². The van der Waals surface area contributed by atoms with Crippen molar-refractivity contribution in [1.29, 1.82) is 0 Å². The number of nitrogens with zero attached hydrogens (tertiary/aromatic N) is 4. The number of carbonyl (C=O) groups excluding carboxylic acids is 2. The first-order valence-corrected chi connectivity index (χ1v) is 10.3. The minimum atomic E-state index is -0.449. The average Bonchev–Trinajstić information content (AvgIpc) is 3.37. The van der Waals surface area contributed by atoms with Gasteiger partial charge in [0.25, 0.3) is 11.8 Å². The second kappa shape index (κ2) is 10.1. The molecule has 0 bridgehead atoms. The monoisotopic (exact) mass is 444 g/mol. The summed E-state index contributed by atoms with van der Waals surface area (Å²) < 4.78 is 8.70. The number of anilines is 1. The van der Waals surface area contributed by atoms with Gasteiger partial charge in [-0.05, 0) is 37.1 Å². The van der Waals surface area contributed by atoms with E-state index in [1.54, 1.807) is 47.4 Å². The van der Waals surface area contributed by atoms with Crippen molar-refractivity contribution in [2.24, 2.45) is 5.92 Å². The van der Waals surface area contributed by atoms with E-state index in [1.807, 2.05) is 20.8 Å². The Bertz CT molecular complexity index is 1060. The predicted octanol–water partition coefficient (Wildman–Crippen LogP) is 3.43. The Morgan fingerprint density at radius 1 is 1.16 bits per heavy atom. The first-order valence-electron chi connectivity index (χ1n) is 9.94. The number of hydrogen-bond acceptors (Lipinski definition) is 5. The summed E-state index contributed by atoms with van der Waals surface area (Å²) in [6, 6.07) is 8.57. The number of aromatic nitrogens is 4. The zero-order valence-electron chi connectivity index (χ0n) is 17.6. The minimum Gasteiger partial charge on any atom is -0.471 e. The first kappa shape index (κ1) is 22.4. The lowest BCUT2D eigenvalue weighted by molar-refractivity contribution is 0.0944. The van der Waals surface area contributed by atoms with Crippen molar-refractivity contribution >= 4 is 29.1 Å². The SMILES string of the molecule is CCn1cc(NC(=O)c2ccn(COc3cccc(Cl)c3)n2)c(C(=O)NCC(C)C)n1. The predicted molar refractivity (Wildman–Crippen MR) is 117 cm³/mol. The molecule has 0 fully saturated rings. The Labute approximate surface area is 185 Å². The molecule has 0 unspecified atom stereocenters. The van der Waals surface area contributed by atoms with Gasteiger partial charge in [-0.1, -0.05) is 31.5 Å². The van der Waals surface area contributed by atoms with Crippen LogP contribution in [-0.2, 0) is 13.3 Å². The Kier molecular flexibility index (Phi) is 7.30. The molecule has 3 rings (SSSR count). The van der Waals surface area contributed by atoms with Crippen molar-refractivity contribution in [1.82, 2.24) is 24.9 Å². The van der Waals surface area contributed by atoms with Crippen LogP contribution in [-0.4, -0.2) is 37.9 Å². The Hall–Kier alpha value is -3.33. The molecule has 0 aliphatic rings. The highest BCUT2D eigenvalue weighted by molar-refractivity contribution is 6.30. The number of aryl methyl sites for hydroxylation is 1. The molecule has 3 aromatic rings. The molecule has 9 nitrogen and oxygen atoms in total. The van der Waals surface area contributed by atoms with E-state index < -0.39 is 5.91 Å². The maximum Gasteiger partial charge on any atom is 0.276 e. The molecule has 0 aliphatic heterocycles. The third kappa shape index (κ3) is 6.08. The normalized spacial score (nSPS) is 10.9. The van der Waals surface area contributed by atoms with Gasteiger partial charge in [0.05, 0.1) is 5.69 Å². The van der Waals surface area contributed by atoms with Crippen LogP contribution >= 0.6 is 11.6 Å². The molecule has 0 atom stereocenters. The number of amides is 2. The molecule has 2 amide bonds. The van der Waals surface area contributed by atoms with Crippen LogP contribution in [0.15, 0.2) is 42.7 Å². The summed E-state index contributed by atoms with van der Waals surface area (Å²) in [6.45, 7) is 7.10. The summed E-state index contributed by atoms with van der Waals surface area (Å²) in [5.41, 5.74) is 0.685. The van der Waals surface area contributed by atoms with Gasteiger partial charge in [-0.25, -0.2) is 4.68 Å². The maximum atomic E-state index is 12.7. The Morgan fingerprint density at radius 2 is 1.97 bits per heavy atom. The molecule has 0 saturated heterocycles. The standard InChI is InChI=1S/C21H25ClN6O3/c1-4-27-12-18(19(26-27)21(30)23-11-14(2)3)24-20(29)17-8-9-28(25-17)13-31-16-7-5-6-15(22)10-16/h5-10,12,14H,4,11,13H2,1-3H3,(H,23,30)(H,24,29). The summed E-state index contributed by atoms with van der Waals surface area (Å²) in [4.78, 5) is 25.2. The van der Waals surface area contributed by atoms with E-state index >= 15 is 0 Å². The molecular weight excluding hydrogens is 420 g/mol. The fraction of sp³-hybridized carbons (Fsp3) is 0.333. The lowest BCUT2D eigenvalue weighted by atomic mass is 10.2. The molecule has 2 aromatic heterocycles. The lowest BCUT2D eigenvalue weighted by Crippen LogP contribution is -2.28. The molecule has 2 heterocycles. The van der Waals surface area contributed by atoms with Crippen LogP contribution in [0.5, 0.6) is 5.75 Å². The molecule has 0 aliphatic carbocycles. The van der Waals surface area contributed by atoms with Crippen LogP contribution in [0.4, 0.5) is 5.69 Å². The first-order chi connectivity index (χ1) is 14.9. The Balaban J connectivity index is 1.66. The van der Waals surface area contributed by atoms with E-state index in [0.717, 1.165) is 0 Å². The smallest absolute Gasteiger partial charge is 0.276 e. The summed E-state index contributed by atoms with van der Waals surface area (Å²) in [7, 11) is 0. The average molecular weight is 445 g/mol. The quantitative estimate of drug-likeness (QED) is 0.526. The van der Waals surface area contributed by atoms with Gasteiger partial charge in [-0.2, -0.15) is 10.2 Å². The largest absolute Gasteiger partial charge is 0.471 e. The van der Waals surface area contributed by atoms with E-state index in [1.165, 1.54) is 4.68 Å². The van der Waals surface area contributed by atoms with Crippen LogP contribution in [0, 0.1) is 5.92 Å². The van der Waals surface area contributed by atoms with Gasteiger partial charge in [-0.15, -0.1) is 0 Å². The number of hydrogen-bond donors (Lipinski definition) is 2. The van der Waals surface area contributed by atoms with Crippen LogP contribution in [0.25, 0.3) is 0 Å². The third-order valence-electron chi connectivity index (χ3n) is 4.25. The van der Waals surface area contributed by atoms with Crippen molar-refractivity contribution in [3.63, 3.8) is 0 Å². The van der Waals surface area contributed by atoms with E-state index in [0.29, 0.717) is 35.5 Å². The lowest BCUT2D eigenvalue weighted by Gasteiger charge is -2.08. The van der Waals surface area contributed by atoms with Crippen LogP contribution in [0.2, 0.25) is 5.02 Å². The van der Waals surface area contributed by atoms with Gasteiger partial charge in [-0.3, -0.25) is 14.3 Å². The maximum absolute atomic E-state index is 12.7. The van der Waals surface area contributed by atoms with Crippen LogP contribution < -0.4 is 15.4 Å². The molecule has 1 aromatic carbocycles. The van der Waals surface area contributed by atoms with Crippen molar-refractivity contribution < 1.29 is 14.3 Å². The summed E-state index contributed by atoms with van der Waals surface area (Å²) in [5.74, 6) is 0.109. The molecule has 31 heavy (non-hydrogen) atoms. The zero-order valence-corrected chi connectivity index (χ0v) is 18.4. The fourth-order valence-electron chi connectivity index (χ4n) is 2.66. The summed E-state index contributed by atoms with van der Waals surface area (Å²) in [6.07, 6.45) is 3.26. The Morgan fingerprint density at radius 3 is 2.68 bits per heavy atom. The van der Waals surface area contributed by atoms with E-state index in [9.17, 15) is 9.59 Å². The molecule has 0 saturated carbocycles. The number of halogens is 1.